The lowest BCUT2D eigenvalue weighted by Crippen LogP contribution is -2.20. The van der Waals surface area contributed by atoms with E-state index in [0.29, 0.717) is 28.0 Å². The quantitative estimate of drug-likeness (QED) is 0.578. The topological polar surface area (TPSA) is 59.0 Å². The lowest BCUT2D eigenvalue weighted by atomic mass is 10.1. The molecule has 3 aromatic rings. The lowest BCUT2D eigenvalue weighted by molar-refractivity contribution is 0.262. The van der Waals surface area contributed by atoms with Crippen LogP contribution in [0.4, 0.5) is 16.2 Å². The van der Waals surface area contributed by atoms with Crippen molar-refractivity contribution in [2.75, 3.05) is 10.6 Å². The number of carbonyl (C=O) groups is 1. The number of hydrogen-bond acceptors (Lipinski definition) is 2. The molecule has 0 spiro atoms. The van der Waals surface area contributed by atoms with Crippen molar-refractivity contribution in [2.24, 2.45) is 0 Å². The molecular formula is C20H20Cl2N4O. The second-order valence-electron chi connectivity index (χ2n) is 6.40. The first-order valence-electron chi connectivity index (χ1n) is 8.46. The van der Waals surface area contributed by atoms with Gasteiger partial charge in [0.2, 0.25) is 0 Å². The van der Waals surface area contributed by atoms with E-state index in [9.17, 15) is 4.79 Å². The van der Waals surface area contributed by atoms with Gasteiger partial charge in [-0.25, -0.2) is 4.79 Å². The molecule has 27 heavy (non-hydrogen) atoms. The summed E-state index contributed by atoms with van der Waals surface area (Å²) < 4.78 is 1.88. The highest BCUT2D eigenvalue weighted by Gasteiger charge is 2.15. The molecule has 0 aliphatic rings. The number of carbonyl (C=O) groups excluding carboxylic acids is 1. The van der Waals surface area contributed by atoms with E-state index >= 15 is 0 Å². The fourth-order valence-corrected chi connectivity index (χ4v) is 3.05. The van der Waals surface area contributed by atoms with Crippen molar-refractivity contribution < 1.29 is 4.79 Å². The van der Waals surface area contributed by atoms with Gasteiger partial charge < -0.3 is 10.6 Å². The van der Waals surface area contributed by atoms with Crippen LogP contribution in [-0.2, 0) is 6.54 Å². The number of nitrogens with one attached hydrogen (secondary N) is 2. The Morgan fingerprint density at radius 3 is 2.37 bits per heavy atom. The second kappa shape index (κ2) is 8.03. The Kier molecular flexibility index (Phi) is 5.73. The van der Waals surface area contributed by atoms with Gasteiger partial charge in [0.25, 0.3) is 0 Å². The summed E-state index contributed by atoms with van der Waals surface area (Å²) in [5.74, 6) is 0. The molecule has 7 heteroatoms. The molecule has 0 atom stereocenters. The van der Waals surface area contributed by atoms with Gasteiger partial charge in [-0.3, -0.25) is 4.68 Å². The van der Waals surface area contributed by atoms with Gasteiger partial charge >= 0.3 is 6.03 Å². The number of aryl methyl sites for hydroxylation is 2. The SMILES string of the molecule is Cc1ccc(Cn2nc(C)c(NC(=O)Nc3ccc(Cl)c(Cl)c3)c2C)cc1. The standard InChI is InChI=1S/C20H20Cl2N4O/c1-12-4-6-15(7-5-12)11-26-14(3)19(13(2)25-26)24-20(27)23-16-8-9-17(21)18(22)10-16/h4-10H,11H2,1-3H3,(H2,23,24,27). The Morgan fingerprint density at radius 1 is 1.00 bits per heavy atom. The number of halogens is 2. The van der Waals surface area contributed by atoms with Gasteiger partial charge in [-0.1, -0.05) is 53.0 Å². The smallest absolute Gasteiger partial charge is 0.308 e. The highest BCUT2D eigenvalue weighted by Crippen LogP contribution is 2.25. The summed E-state index contributed by atoms with van der Waals surface area (Å²) in [6.45, 7) is 6.50. The molecule has 2 amide bonds. The van der Waals surface area contributed by atoms with Crippen molar-refractivity contribution >= 4 is 40.6 Å². The number of nitrogens with zero attached hydrogens (tertiary/aromatic N) is 2. The van der Waals surface area contributed by atoms with Crippen molar-refractivity contribution in [3.63, 3.8) is 0 Å². The molecule has 2 aromatic carbocycles. The van der Waals surface area contributed by atoms with Crippen LogP contribution in [0, 0.1) is 20.8 Å². The maximum Gasteiger partial charge on any atom is 0.323 e. The van der Waals surface area contributed by atoms with Crippen molar-refractivity contribution in [3.8, 4) is 0 Å². The highest BCUT2D eigenvalue weighted by atomic mass is 35.5. The first-order valence-corrected chi connectivity index (χ1v) is 9.21. The lowest BCUT2D eigenvalue weighted by Gasteiger charge is -2.09. The summed E-state index contributed by atoms with van der Waals surface area (Å²) in [6, 6.07) is 12.9. The molecule has 0 aliphatic heterocycles. The van der Waals surface area contributed by atoms with E-state index in [4.69, 9.17) is 23.2 Å². The molecule has 0 bridgehead atoms. The van der Waals surface area contributed by atoms with E-state index in [2.05, 4.69) is 46.9 Å². The average Bonchev–Trinajstić information content (AvgIpc) is 2.87. The summed E-state index contributed by atoms with van der Waals surface area (Å²) in [7, 11) is 0. The van der Waals surface area contributed by atoms with Crippen LogP contribution in [0.3, 0.4) is 0 Å². The van der Waals surface area contributed by atoms with Gasteiger partial charge in [-0.2, -0.15) is 5.10 Å². The Hall–Kier alpha value is -2.50. The number of benzene rings is 2. The maximum absolute atomic E-state index is 12.4. The van der Waals surface area contributed by atoms with Gasteiger partial charge in [-0.15, -0.1) is 0 Å². The largest absolute Gasteiger partial charge is 0.323 e. The normalized spacial score (nSPS) is 10.7. The fraction of sp³-hybridized carbons (Fsp3) is 0.200. The van der Waals surface area contributed by atoms with Gasteiger partial charge in [0.15, 0.2) is 0 Å². The van der Waals surface area contributed by atoms with Crippen LogP contribution in [0.1, 0.15) is 22.5 Å². The minimum Gasteiger partial charge on any atom is -0.308 e. The van der Waals surface area contributed by atoms with Crippen molar-refractivity contribution in [2.45, 2.75) is 27.3 Å². The summed E-state index contributed by atoms with van der Waals surface area (Å²) in [5.41, 5.74) is 5.26. The molecule has 0 saturated carbocycles. The number of amides is 2. The summed E-state index contributed by atoms with van der Waals surface area (Å²) >= 11 is 11.9. The second-order valence-corrected chi connectivity index (χ2v) is 7.21. The minimum atomic E-state index is -0.366. The van der Waals surface area contributed by atoms with Crippen molar-refractivity contribution in [1.82, 2.24) is 9.78 Å². The third kappa shape index (κ3) is 4.62. The average molecular weight is 403 g/mol. The van der Waals surface area contributed by atoms with Crippen molar-refractivity contribution in [1.29, 1.82) is 0 Å². The molecule has 0 aliphatic carbocycles. The predicted molar refractivity (Wildman–Crippen MR) is 111 cm³/mol. The van der Waals surface area contributed by atoms with E-state index in [1.54, 1.807) is 18.2 Å². The zero-order chi connectivity index (χ0) is 19.6. The van der Waals surface area contributed by atoms with E-state index in [1.807, 2.05) is 18.5 Å². The number of anilines is 2. The van der Waals surface area contributed by atoms with Gasteiger partial charge in [0.1, 0.15) is 0 Å². The van der Waals surface area contributed by atoms with Crippen LogP contribution < -0.4 is 10.6 Å². The minimum absolute atomic E-state index is 0.366. The molecule has 1 heterocycles. The first kappa shape index (κ1) is 19.3. The highest BCUT2D eigenvalue weighted by molar-refractivity contribution is 6.42. The van der Waals surface area contributed by atoms with Crippen LogP contribution in [0.25, 0.3) is 0 Å². The van der Waals surface area contributed by atoms with E-state index in [-0.39, 0.29) is 6.03 Å². The zero-order valence-corrected chi connectivity index (χ0v) is 16.8. The van der Waals surface area contributed by atoms with E-state index < -0.39 is 0 Å². The maximum atomic E-state index is 12.4. The van der Waals surface area contributed by atoms with Crippen LogP contribution in [0.5, 0.6) is 0 Å². The summed E-state index contributed by atoms with van der Waals surface area (Å²) in [6.07, 6.45) is 0. The van der Waals surface area contributed by atoms with Gasteiger partial charge in [0, 0.05) is 5.69 Å². The molecule has 0 fully saturated rings. The number of hydrogen-bond donors (Lipinski definition) is 2. The monoisotopic (exact) mass is 402 g/mol. The third-order valence-corrected chi connectivity index (χ3v) is 4.99. The molecule has 0 unspecified atom stereocenters. The van der Waals surface area contributed by atoms with Gasteiger partial charge in [0.05, 0.1) is 33.7 Å². The van der Waals surface area contributed by atoms with Crippen LogP contribution >= 0.6 is 23.2 Å². The van der Waals surface area contributed by atoms with E-state index in [1.165, 1.54) is 5.56 Å². The molecular weight excluding hydrogens is 383 g/mol. The first-order chi connectivity index (χ1) is 12.8. The molecule has 1 aromatic heterocycles. The molecule has 2 N–H and O–H groups in total. The Balaban J connectivity index is 1.72. The fourth-order valence-electron chi connectivity index (χ4n) is 2.75. The van der Waals surface area contributed by atoms with Crippen LogP contribution in [0.2, 0.25) is 10.0 Å². The van der Waals surface area contributed by atoms with Crippen molar-refractivity contribution in [3.05, 3.63) is 75.0 Å². The Bertz CT molecular complexity index is 980. The van der Waals surface area contributed by atoms with Gasteiger partial charge in [-0.05, 0) is 44.5 Å². The van der Waals surface area contributed by atoms with E-state index in [0.717, 1.165) is 17.0 Å². The summed E-state index contributed by atoms with van der Waals surface area (Å²) in [5, 5.41) is 11.0. The number of aromatic nitrogens is 2. The molecule has 140 valence electrons. The third-order valence-electron chi connectivity index (χ3n) is 4.25. The molecule has 5 nitrogen and oxygen atoms in total. The predicted octanol–water partition coefficient (Wildman–Crippen LogP) is 5.81. The zero-order valence-electron chi connectivity index (χ0n) is 15.3. The van der Waals surface area contributed by atoms with Crippen LogP contribution in [0.15, 0.2) is 42.5 Å². The Labute approximate surface area is 168 Å². The molecule has 0 saturated heterocycles. The van der Waals surface area contributed by atoms with Crippen LogP contribution in [-0.4, -0.2) is 15.8 Å². The number of rotatable bonds is 4. The molecule has 3 rings (SSSR count). The Morgan fingerprint density at radius 2 is 1.70 bits per heavy atom. The molecule has 0 radical (unpaired) electrons. The number of urea groups is 1. The summed E-state index contributed by atoms with van der Waals surface area (Å²) in [4.78, 5) is 12.4.